The molecule has 134 valence electrons. The number of nitrogens with one attached hydrogen (secondary N) is 1. The van der Waals surface area contributed by atoms with Crippen molar-refractivity contribution < 1.29 is 9.59 Å². The number of carbonyl (C=O) groups is 2. The van der Waals surface area contributed by atoms with Gasteiger partial charge in [0.15, 0.2) is 0 Å². The Morgan fingerprint density at radius 3 is 2.44 bits per heavy atom. The van der Waals surface area contributed by atoms with Crippen LogP contribution in [0.5, 0.6) is 0 Å². The van der Waals surface area contributed by atoms with E-state index in [0.717, 1.165) is 28.9 Å². The highest BCUT2D eigenvalue weighted by atomic mass is 16.2. The molecular weight excluding hydrogens is 336 g/mol. The van der Waals surface area contributed by atoms with Crippen molar-refractivity contribution in [3.63, 3.8) is 0 Å². The normalized spacial score (nSPS) is 12.6. The van der Waals surface area contributed by atoms with Gasteiger partial charge in [-0.25, -0.2) is 0 Å². The number of amides is 2. The summed E-state index contributed by atoms with van der Waals surface area (Å²) in [6, 6.07) is 22.5. The number of hydrogen-bond acceptors (Lipinski definition) is 2. The van der Waals surface area contributed by atoms with Crippen molar-refractivity contribution in [2.75, 3.05) is 16.8 Å². The maximum Gasteiger partial charge on any atom is 0.258 e. The lowest BCUT2D eigenvalue weighted by atomic mass is 10.1. The summed E-state index contributed by atoms with van der Waals surface area (Å²) in [5.41, 5.74) is 5.10. The molecule has 0 saturated carbocycles. The van der Waals surface area contributed by atoms with Crippen LogP contribution in [0.15, 0.2) is 72.8 Å². The summed E-state index contributed by atoms with van der Waals surface area (Å²) in [5, 5.41) is 2.95. The highest BCUT2D eigenvalue weighted by molar-refractivity contribution is 6.08. The van der Waals surface area contributed by atoms with Crippen molar-refractivity contribution in [1.82, 2.24) is 0 Å². The van der Waals surface area contributed by atoms with Crippen molar-refractivity contribution in [2.24, 2.45) is 0 Å². The molecule has 1 aliphatic heterocycles. The van der Waals surface area contributed by atoms with E-state index in [1.54, 1.807) is 11.0 Å². The van der Waals surface area contributed by atoms with Gasteiger partial charge in [-0.15, -0.1) is 0 Å². The molecule has 1 N–H and O–H groups in total. The number of rotatable bonds is 3. The van der Waals surface area contributed by atoms with Crippen LogP contribution >= 0.6 is 0 Å². The molecule has 0 fully saturated rings. The van der Waals surface area contributed by atoms with Gasteiger partial charge in [0.05, 0.1) is 0 Å². The third-order valence-corrected chi connectivity index (χ3v) is 4.78. The van der Waals surface area contributed by atoms with Crippen LogP contribution < -0.4 is 10.2 Å². The minimum atomic E-state index is -0.131. The van der Waals surface area contributed by atoms with Gasteiger partial charge in [0, 0.05) is 29.0 Å². The first-order chi connectivity index (χ1) is 13.1. The molecule has 4 heteroatoms. The van der Waals surface area contributed by atoms with E-state index in [1.165, 1.54) is 0 Å². The van der Waals surface area contributed by atoms with Crippen molar-refractivity contribution in [3.05, 3.63) is 95.1 Å². The Bertz CT molecular complexity index is 1010. The van der Waals surface area contributed by atoms with Gasteiger partial charge in [-0.2, -0.15) is 0 Å². The standard InChI is InChI=1S/C23H20N2O2/c1-16-6-5-9-19(14-16)22(26)24-20-10-11-21-18(15-20)12-13-25(21)23(27)17-7-3-2-4-8-17/h2-11,14-15H,12-13H2,1H3,(H,24,26). The lowest BCUT2D eigenvalue weighted by Crippen LogP contribution is -2.28. The van der Waals surface area contributed by atoms with Crippen LogP contribution in [-0.4, -0.2) is 18.4 Å². The predicted molar refractivity (Wildman–Crippen MR) is 107 cm³/mol. The third-order valence-electron chi connectivity index (χ3n) is 4.78. The van der Waals surface area contributed by atoms with E-state index in [1.807, 2.05) is 73.7 Å². The van der Waals surface area contributed by atoms with Gasteiger partial charge >= 0.3 is 0 Å². The zero-order chi connectivity index (χ0) is 18.8. The van der Waals surface area contributed by atoms with Crippen LogP contribution in [0.1, 0.15) is 31.8 Å². The van der Waals surface area contributed by atoms with Gasteiger partial charge in [0.1, 0.15) is 0 Å². The SMILES string of the molecule is Cc1cccc(C(=O)Nc2ccc3c(c2)CCN3C(=O)c2ccccc2)c1. The smallest absolute Gasteiger partial charge is 0.258 e. The highest BCUT2D eigenvalue weighted by Crippen LogP contribution is 2.31. The topological polar surface area (TPSA) is 49.4 Å². The van der Waals surface area contributed by atoms with E-state index in [-0.39, 0.29) is 11.8 Å². The highest BCUT2D eigenvalue weighted by Gasteiger charge is 2.25. The molecule has 0 unspecified atom stereocenters. The number of nitrogens with zero attached hydrogens (tertiary/aromatic N) is 1. The lowest BCUT2D eigenvalue weighted by molar-refractivity contribution is 0.0987. The number of fused-ring (bicyclic) bond motifs is 1. The largest absolute Gasteiger partial charge is 0.322 e. The summed E-state index contributed by atoms with van der Waals surface area (Å²) in [7, 11) is 0. The van der Waals surface area contributed by atoms with E-state index in [4.69, 9.17) is 0 Å². The van der Waals surface area contributed by atoms with Gasteiger partial charge in [0.25, 0.3) is 11.8 Å². The molecule has 27 heavy (non-hydrogen) atoms. The van der Waals surface area contributed by atoms with Crippen molar-refractivity contribution >= 4 is 23.2 Å². The summed E-state index contributed by atoms with van der Waals surface area (Å²) in [4.78, 5) is 27.0. The quantitative estimate of drug-likeness (QED) is 0.754. The molecular formula is C23H20N2O2. The molecule has 4 rings (SSSR count). The maximum absolute atomic E-state index is 12.7. The predicted octanol–water partition coefficient (Wildman–Crippen LogP) is 4.45. The fourth-order valence-corrected chi connectivity index (χ4v) is 3.42. The number of aryl methyl sites for hydroxylation is 1. The molecule has 3 aromatic rings. The molecule has 3 aromatic carbocycles. The molecule has 2 amide bonds. The van der Waals surface area contributed by atoms with Crippen LogP contribution in [-0.2, 0) is 6.42 Å². The molecule has 0 aromatic heterocycles. The summed E-state index contributed by atoms with van der Waals surface area (Å²) in [6.07, 6.45) is 0.780. The van der Waals surface area contributed by atoms with Gasteiger partial charge < -0.3 is 10.2 Å². The maximum atomic E-state index is 12.7. The second-order valence-corrected chi connectivity index (χ2v) is 6.74. The Balaban J connectivity index is 1.53. The van der Waals surface area contributed by atoms with Crippen molar-refractivity contribution in [2.45, 2.75) is 13.3 Å². The third kappa shape index (κ3) is 3.47. The monoisotopic (exact) mass is 356 g/mol. The first-order valence-electron chi connectivity index (χ1n) is 9.00. The number of carbonyl (C=O) groups excluding carboxylic acids is 2. The molecule has 0 atom stereocenters. The average Bonchev–Trinajstić information content (AvgIpc) is 3.11. The van der Waals surface area contributed by atoms with Gasteiger partial charge in [-0.3, -0.25) is 9.59 Å². The first kappa shape index (κ1) is 17.0. The fraction of sp³-hybridized carbons (Fsp3) is 0.130. The second-order valence-electron chi connectivity index (χ2n) is 6.74. The number of hydrogen-bond donors (Lipinski definition) is 1. The van der Waals surface area contributed by atoms with Crippen molar-refractivity contribution in [1.29, 1.82) is 0 Å². The number of benzene rings is 3. The van der Waals surface area contributed by atoms with E-state index in [2.05, 4.69) is 5.32 Å². The van der Waals surface area contributed by atoms with Crippen molar-refractivity contribution in [3.8, 4) is 0 Å². The summed E-state index contributed by atoms with van der Waals surface area (Å²) in [6.45, 7) is 2.61. The molecule has 0 saturated heterocycles. The van der Waals surface area contributed by atoms with Gasteiger partial charge in [-0.05, 0) is 61.4 Å². The van der Waals surface area contributed by atoms with E-state index in [0.29, 0.717) is 17.7 Å². The fourth-order valence-electron chi connectivity index (χ4n) is 3.42. The molecule has 1 aliphatic rings. The second kappa shape index (κ2) is 7.08. The van der Waals surface area contributed by atoms with Crippen LogP contribution in [0.25, 0.3) is 0 Å². The Morgan fingerprint density at radius 1 is 0.889 bits per heavy atom. The molecule has 0 radical (unpaired) electrons. The minimum Gasteiger partial charge on any atom is -0.322 e. The van der Waals surface area contributed by atoms with Gasteiger partial charge in [-0.1, -0.05) is 35.9 Å². The van der Waals surface area contributed by atoms with Crippen LogP contribution in [0, 0.1) is 6.92 Å². The Hall–Kier alpha value is -3.40. The lowest BCUT2D eigenvalue weighted by Gasteiger charge is -2.17. The van der Waals surface area contributed by atoms with Gasteiger partial charge in [0.2, 0.25) is 0 Å². The first-order valence-corrected chi connectivity index (χ1v) is 9.00. The minimum absolute atomic E-state index is 0.00546. The Morgan fingerprint density at radius 2 is 1.67 bits per heavy atom. The van der Waals surface area contributed by atoms with E-state index >= 15 is 0 Å². The van der Waals surface area contributed by atoms with E-state index in [9.17, 15) is 9.59 Å². The Labute approximate surface area is 158 Å². The van der Waals surface area contributed by atoms with Crippen LogP contribution in [0.4, 0.5) is 11.4 Å². The zero-order valence-electron chi connectivity index (χ0n) is 15.1. The summed E-state index contributed by atoms with van der Waals surface area (Å²) in [5.74, 6) is -0.125. The molecule has 0 aliphatic carbocycles. The van der Waals surface area contributed by atoms with Crippen LogP contribution in [0.2, 0.25) is 0 Å². The zero-order valence-corrected chi connectivity index (χ0v) is 15.1. The Kier molecular flexibility index (Phi) is 4.47. The number of anilines is 2. The summed E-state index contributed by atoms with van der Waals surface area (Å²) < 4.78 is 0. The molecule has 4 nitrogen and oxygen atoms in total. The summed E-state index contributed by atoms with van der Waals surface area (Å²) >= 11 is 0. The van der Waals surface area contributed by atoms with E-state index < -0.39 is 0 Å². The average molecular weight is 356 g/mol. The molecule has 1 heterocycles. The van der Waals surface area contributed by atoms with Crippen LogP contribution in [0.3, 0.4) is 0 Å². The molecule has 0 bridgehead atoms. The molecule has 0 spiro atoms.